The normalized spacial score (nSPS) is 12.3. The van der Waals surface area contributed by atoms with Crippen molar-refractivity contribution >= 4 is 29.0 Å². The zero-order valence-electron chi connectivity index (χ0n) is 16.9. The Labute approximate surface area is 174 Å². The van der Waals surface area contributed by atoms with Crippen molar-refractivity contribution in [2.75, 3.05) is 4.90 Å². The van der Waals surface area contributed by atoms with Gasteiger partial charge in [0.1, 0.15) is 6.04 Å². The average Bonchev–Trinajstić information content (AvgIpc) is 3.20. The number of aromatic nitrogens is 2. The van der Waals surface area contributed by atoms with E-state index in [0.717, 1.165) is 17.1 Å². The van der Waals surface area contributed by atoms with Gasteiger partial charge in [-0.3, -0.25) is 14.5 Å². The summed E-state index contributed by atoms with van der Waals surface area (Å²) in [6.07, 6.45) is 0. The maximum Gasteiger partial charge on any atom is 0.280 e. The highest BCUT2D eigenvalue weighted by Crippen LogP contribution is 2.30. The second kappa shape index (κ2) is 8.53. The first-order chi connectivity index (χ1) is 13.8. The number of carbonyl (C=O) groups excluding carboxylic acids is 2. The van der Waals surface area contributed by atoms with E-state index in [4.69, 9.17) is 0 Å². The number of nitrogens with zero attached hydrogens (tertiary/aromatic N) is 3. The standard InChI is InChI=1S/C22H24N4O2S/c1-15-10-12-17(13-11-15)26(21(28)18-14-29-25-24-18)19(16-8-6-5-7-9-16)20(27)23-22(2,3)4/h5-14,19H,1-4H3,(H,23,27)/t19-/m0/s1. The number of amides is 2. The minimum Gasteiger partial charge on any atom is -0.349 e. The van der Waals surface area contributed by atoms with Gasteiger partial charge in [-0.1, -0.05) is 52.5 Å². The van der Waals surface area contributed by atoms with Gasteiger partial charge in [-0.15, -0.1) is 5.10 Å². The molecule has 3 rings (SSSR count). The molecule has 0 fully saturated rings. The van der Waals surface area contributed by atoms with Gasteiger partial charge in [-0.05, 0) is 56.9 Å². The van der Waals surface area contributed by atoms with Crippen LogP contribution in [0.5, 0.6) is 0 Å². The SMILES string of the molecule is Cc1ccc(N(C(=O)c2csnn2)[C@H](C(=O)NC(C)(C)C)c2ccccc2)cc1. The zero-order chi connectivity index (χ0) is 21.0. The fourth-order valence-electron chi connectivity index (χ4n) is 2.96. The predicted molar refractivity (Wildman–Crippen MR) is 115 cm³/mol. The molecule has 0 aliphatic heterocycles. The molecule has 2 aromatic carbocycles. The maximum absolute atomic E-state index is 13.4. The van der Waals surface area contributed by atoms with E-state index in [-0.39, 0.29) is 17.5 Å². The molecule has 0 unspecified atom stereocenters. The molecular formula is C22H24N4O2S. The lowest BCUT2D eigenvalue weighted by atomic mass is 10.0. The number of aryl methyl sites for hydroxylation is 1. The van der Waals surface area contributed by atoms with Crippen LogP contribution in [0.2, 0.25) is 0 Å². The molecule has 0 aliphatic rings. The van der Waals surface area contributed by atoms with E-state index in [9.17, 15) is 9.59 Å². The zero-order valence-corrected chi connectivity index (χ0v) is 17.7. The molecule has 0 spiro atoms. The predicted octanol–water partition coefficient (Wildman–Crippen LogP) is 4.15. The molecule has 0 bridgehead atoms. The third-order valence-electron chi connectivity index (χ3n) is 4.23. The molecule has 1 atom stereocenters. The van der Waals surface area contributed by atoms with Crippen LogP contribution >= 0.6 is 11.5 Å². The van der Waals surface area contributed by atoms with Crippen molar-refractivity contribution in [2.45, 2.75) is 39.3 Å². The number of carbonyl (C=O) groups is 2. The largest absolute Gasteiger partial charge is 0.349 e. The van der Waals surface area contributed by atoms with Gasteiger partial charge in [0.05, 0.1) is 0 Å². The first-order valence-electron chi connectivity index (χ1n) is 9.30. The van der Waals surface area contributed by atoms with Crippen LogP contribution in [0.15, 0.2) is 60.0 Å². The van der Waals surface area contributed by atoms with E-state index in [1.165, 1.54) is 4.90 Å². The molecule has 1 N–H and O–H groups in total. The smallest absolute Gasteiger partial charge is 0.280 e. The minimum atomic E-state index is -0.854. The van der Waals surface area contributed by atoms with Crippen molar-refractivity contribution in [1.29, 1.82) is 0 Å². The number of hydrogen-bond donors (Lipinski definition) is 1. The molecule has 0 saturated carbocycles. The number of rotatable bonds is 5. The summed E-state index contributed by atoms with van der Waals surface area (Å²) in [4.78, 5) is 28.3. The Kier molecular flexibility index (Phi) is 6.08. The van der Waals surface area contributed by atoms with E-state index in [1.54, 1.807) is 5.38 Å². The van der Waals surface area contributed by atoms with Crippen LogP contribution in [0, 0.1) is 6.92 Å². The van der Waals surface area contributed by atoms with E-state index in [2.05, 4.69) is 14.9 Å². The summed E-state index contributed by atoms with van der Waals surface area (Å²) < 4.78 is 3.81. The molecule has 0 aliphatic carbocycles. The van der Waals surface area contributed by atoms with E-state index < -0.39 is 11.6 Å². The molecule has 29 heavy (non-hydrogen) atoms. The van der Waals surface area contributed by atoms with Crippen LogP contribution in [-0.2, 0) is 4.79 Å². The van der Waals surface area contributed by atoms with Gasteiger partial charge in [0, 0.05) is 16.6 Å². The fraction of sp³-hybridized carbons (Fsp3) is 0.273. The Morgan fingerprint density at radius 2 is 1.69 bits per heavy atom. The lowest BCUT2D eigenvalue weighted by Gasteiger charge is -2.33. The maximum atomic E-state index is 13.4. The summed E-state index contributed by atoms with van der Waals surface area (Å²) in [6.45, 7) is 7.71. The van der Waals surface area contributed by atoms with Gasteiger partial charge in [0.2, 0.25) is 5.91 Å². The van der Waals surface area contributed by atoms with Crippen molar-refractivity contribution in [3.8, 4) is 0 Å². The van der Waals surface area contributed by atoms with Crippen LogP contribution in [0.4, 0.5) is 5.69 Å². The van der Waals surface area contributed by atoms with Crippen molar-refractivity contribution in [2.24, 2.45) is 0 Å². The highest BCUT2D eigenvalue weighted by molar-refractivity contribution is 7.03. The Balaban J connectivity index is 2.15. The van der Waals surface area contributed by atoms with Gasteiger partial charge in [-0.2, -0.15) is 0 Å². The molecule has 0 radical (unpaired) electrons. The van der Waals surface area contributed by atoms with Gasteiger partial charge >= 0.3 is 0 Å². The summed E-state index contributed by atoms with van der Waals surface area (Å²) in [5.74, 6) is -0.638. The third-order valence-corrected chi connectivity index (χ3v) is 4.73. The first-order valence-corrected chi connectivity index (χ1v) is 10.1. The van der Waals surface area contributed by atoms with Crippen LogP contribution in [0.25, 0.3) is 0 Å². The Morgan fingerprint density at radius 3 is 2.24 bits per heavy atom. The van der Waals surface area contributed by atoms with Gasteiger partial charge in [0.25, 0.3) is 5.91 Å². The monoisotopic (exact) mass is 408 g/mol. The lowest BCUT2D eigenvalue weighted by Crippen LogP contribution is -2.49. The highest BCUT2D eigenvalue weighted by atomic mass is 32.1. The number of benzene rings is 2. The molecule has 7 heteroatoms. The molecule has 150 valence electrons. The van der Waals surface area contributed by atoms with Crippen molar-refractivity contribution < 1.29 is 9.59 Å². The fourth-order valence-corrected chi connectivity index (χ4v) is 3.39. The Hall–Kier alpha value is -3.06. The molecule has 6 nitrogen and oxygen atoms in total. The molecule has 2 amide bonds. The summed E-state index contributed by atoms with van der Waals surface area (Å²) in [5.41, 5.74) is 2.15. The second-order valence-electron chi connectivity index (χ2n) is 7.85. The number of anilines is 1. The average molecular weight is 409 g/mol. The summed E-state index contributed by atoms with van der Waals surface area (Å²) in [6, 6.07) is 15.9. The van der Waals surface area contributed by atoms with Crippen molar-refractivity contribution in [3.05, 3.63) is 76.8 Å². The van der Waals surface area contributed by atoms with E-state index in [1.807, 2.05) is 82.3 Å². The highest BCUT2D eigenvalue weighted by Gasteiger charge is 2.35. The van der Waals surface area contributed by atoms with Crippen molar-refractivity contribution in [3.63, 3.8) is 0 Å². The number of hydrogen-bond acceptors (Lipinski definition) is 5. The summed E-state index contributed by atoms with van der Waals surface area (Å²) in [5, 5.41) is 8.54. The van der Waals surface area contributed by atoms with E-state index in [0.29, 0.717) is 11.3 Å². The summed E-state index contributed by atoms with van der Waals surface area (Å²) >= 11 is 1.10. The second-order valence-corrected chi connectivity index (χ2v) is 8.46. The third kappa shape index (κ3) is 5.06. The van der Waals surface area contributed by atoms with Crippen LogP contribution in [0.1, 0.15) is 48.4 Å². The molecule has 0 saturated heterocycles. The Morgan fingerprint density at radius 1 is 1.03 bits per heavy atom. The van der Waals surface area contributed by atoms with Crippen LogP contribution in [0.3, 0.4) is 0 Å². The van der Waals surface area contributed by atoms with E-state index >= 15 is 0 Å². The molecular weight excluding hydrogens is 384 g/mol. The summed E-state index contributed by atoms with van der Waals surface area (Å²) in [7, 11) is 0. The number of nitrogens with one attached hydrogen (secondary N) is 1. The first kappa shape index (κ1) is 20.7. The quantitative estimate of drug-likeness (QED) is 0.688. The van der Waals surface area contributed by atoms with Crippen LogP contribution in [-0.4, -0.2) is 26.9 Å². The molecule has 3 aromatic rings. The van der Waals surface area contributed by atoms with Gasteiger partial charge in [-0.25, -0.2) is 0 Å². The minimum absolute atomic E-state index is 0.208. The Bertz CT molecular complexity index is 964. The van der Waals surface area contributed by atoms with Gasteiger partial charge < -0.3 is 5.32 Å². The molecule has 1 heterocycles. The lowest BCUT2D eigenvalue weighted by molar-refractivity contribution is -0.123. The van der Waals surface area contributed by atoms with Gasteiger partial charge in [0.15, 0.2) is 5.69 Å². The topological polar surface area (TPSA) is 75.2 Å². The molecule has 1 aromatic heterocycles. The van der Waals surface area contributed by atoms with Crippen LogP contribution < -0.4 is 10.2 Å². The van der Waals surface area contributed by atoms with Crippen molar-refractivity contribution in [1.82, 2.24) is 14.9 Å².